The molecule has 8 aromatic heterocycles. The second-order valence-corrected chi connectivity index (χ2v) is 11.1. The quantitative estimate of drug-likeness (QED) is 0.149. The third-order valence-electron chi connectivity index (χ3n) is 5.90. The highest BCUT2D eigenvalue weighted by Crippen LogP contribution is 1.90. The molecule has 0 bridgehead atoms. The molecule has 288 valence electrons. The van der Waals surface area contributed by atoms with Gasteiger partial charge in [-0.3, -0.25) is 24.9 Å². The van der Waals surface area contributed by atoms with Crippen molar-refractivity contribution in [3.05, 3.63) is 206 Å². The van der Waals surface area contributed by atoms with Gasteiger partial charge in [0.1, 0.15) is 37.0 Å². The topological polar surface area (TPSA) is 180 Å². The van der Waals surface area contributed by atoms with Gasteiger partial charge >= 0.3 is 0 Å². The van der Waals surface area contributed by atoms with E-state index in [9.17, 15) is 0 Å². The summed E-state index contributed by atoms with van der Waals surface area (Å²) in [6, 6.07) is 17.4. The average Bonchev–Trinajstić information content (AvgIpc) is 3.22. The molecule has 0 spiro atoms. The van der Waals surface area contributed by atoms with Crippen LogP contribution in [0, 0.1) is 55.4 Å². The molecule has 0 aliphatic rings. The van der Waals surface area contributed by atoms with E-state index in [0.717, 1.165) is 34.3 Å². The van der Waals surface area contributed by atoms with Gasteiger partial charge in [0.15, 0.2) is 0 Å². The normalized spacial score (nSPS) is 8.71. The Kier molecular flexibility index (Phi) is 27.1. The predicted octanol–water partition coefficient (Wildman–Crippen LogP) is 7.49. The van der Waals surface area contributed by atoms with Crippen LogP contribution in [0.2, 0.25) is 0 Å². The summed E-state index contributed by atoms with van der Waals surface area (Å²) >= 11 is 0. The summed E-state index contributed by atoms with van der Waals surface area (Å²) in [7, 11) is 0. The van der Waals surface area contributed by atoms with E-state index < -0.39 is 0 Å². The van der Waals surface area contributed by atoms with Crippen molar-refractivity contribution in [2.24, 2.45) is 0 Å². The first-order valence-electron chi connectivity index (χ1n) is 17.3. The molecular weight excluding hydrogens is 701 g/mol. The van der Waals surface area contributed by atoms with E-state index >= 15 is 0 Å². The molecule has 8 heterocycles. The largest absolute Gasteiger partial charge is 0.265 e. The zero-order chi connectivity index (χ0) is 40.9. The van der Waals surface area contributed by atoms with E-state index in [2.05, 4.69) is 69.8 Å². The highest BCUT2D eigenvalue weighted by molar-refractivity contribution is 5.06. The van der Waals surface area contributed by atoms with E-state index in [4.69, 9.17) is 0 Å². The average molecular weight is 751 g/mol. The molecule has 0 radical (unpaired) electrons. The first-order chi connectivity index (χ1) is 27.2. The predicted molar refractivity (Wildman–Crippen MR) is 219 cm³/mol. The molecule has 14 nitrogen and oxygen atoms in total. The van der Waals surface area contributed by atoms with E-state index in [1.807, 2.05) is 110 Å². The lowest BCUT2D eigenvalue weighted by Gasteiger charge is -1.82. The Hall–Kier alpha value is -7.22. The molecule has 0 aliphatic heterocycles. The van der Waals surface area contributed by atoms with Gasteiger partial charge in [0.2, 0.25) is 0 Å². The van der Waals surface area contributed by atoms with Crippen LogP contribution in [-0.2, 0) is 0 Å². The van der Waals surface area contributed by atoms with Crippen LogP contribution < -0.4 is 0 Å². The Balaban J connectivity index is 0.000000320. The maximum absolute atomic E-state index is 3.98. The zero-order valence-corrected chi connectivity index (χ0v) is 33.3. The molecule has 0 aromatic carbocycles. The molecule has 56 heavy (non-hydrogen) atoms. The molecule has 8 aromatic rings. The highest BCUT2D eigenvalue weighted by atomic mass is 15.0. The van der Waals surface area contributed by atoms with E-state index in [0.29, 0.717) is 0 Å². The second kappa shape index (κ2) is 32.4. The number of aryl methyl sites for hydroxylation is 8. The highest BCUT2D eigenvalue weighted by Gasteiger charge is 1.78. The molecule has 0 atom stereocenters. The van der Waals surface area contributed by atoms with Crippen molar-refractivity contribution in [1.29, 1.82) is 0 Å². The number of hydrogen-bond acceptors (Lipinski definition) is 14. The van der Waals surface area contributed by atoms with Crippen LogP contribution in [0.4, 0.5) is 0 Å². The standard InChI is InChI=1S/3C6H7N.4C5H6N2.C4H5N3/c1-6-2-4-7-5-3-6;1-6-3-2-4-7-5-6;1-6-4-2-3-5-7-6;1-5-2-6-4-7-3-5;1-5-4-6-2-3-7-5;1-5-2-3-6-4-7-5;1-5-6-3-2-4-7-5;1-4-6-2-5-3-7-4/h3*2-5H,1H3;4*2-4H,1H3;2-3H,1H3. The minimum atomic E-state index is 0.759. The van der Waals surface area contributed by atoms with Crippen LogP contribution in [0.1, 0.15) is 45.4 Å². The number of nitrogens with zero attached hydrogens (tertiary/aromatic N) is 14. The van der Waals surface area contributed by atoms with Crippen molar-refractivity contribution in [3.63, 3.8) is 0 Å². The van der Waals surface area contributed by atoms with Gasteiger partial charge in [0, 0.05) is 91.9 Å². The SMILES string of the molecule is Cc1ccccn1.Cc1cccnc1.Cc1ccncc1.Cc1ccncn1.Cc1cnccn1.Cc1cncnc1.Cc1ncccn1.Cc1ncncn1. The maximum atomic E-state index is 3.98. The monoisotopic (exact) mass is 750 g/mol. The summed E-state index contributed by atoms with van der Waals surface area (Å²) in [5.41, 5.74) is 6.61. The van der Waals surface area contributed by atoms with Crippen molar-refractivity contribution < 1.29 is 0 Å². The summed E-state index contributed by atoms with van der Waals surface area (Å²) < 4.78 is 0. The Morgan fingerprint density at radius 3 is 1.12 bits per heavy atom. The Morgan fingerprint density at radius 1 is 0.268 bits per heavy atom. The Bertz CT molecular complexity index is 1540. The number of rotatable bonds is 0. The number of pyridine rings is 3. The summed E-state index contributed by atoms with van der Waals surface area (Å²) in [5, 5.41) is 0. The van der Waals surface area contributed by atoms with Crippen molar-refractivity contribution in [1.82, 2.24) is 69.8 Å². The number of aromatic nitrogens is 14. The zero-order valence-electron chi connectivity index (χ0n) is 33.3. The van der Waals surface area contributed by atoms with Gasteiger partial charge in [-0.05, 0) is 115 Å². The van der Waals surface area contributed by atoms with Crippen molar-refractivity contribution >= 4 is 0 Å². The van der Waals surface area contributed by atoms with Gasteiger partial charge in [0.05, 0.1) is 5.69 Å². The third kappa shape index (κ3) is 30.4. The fourth-order valence-electron chi connectivity index (χ4n) is 3.10. The molecule has 0 saturated heterocycles. The Labute approximate surface area is 330 Å². The molecule has 0 amide bonds. The van der Waals surface area contributed by atoms with Crippen molar-refractivity contribution in [2.75, 3.05) is 0 Å². The Morgan fingerprint density at radius 2 is 0.839 bits per heavy atom. The lowest BCUT2D eigenvalue weighted by atomic mass is 10.3. The minimum absolute atomic E-state index is 0.759. The molecular formula is C42H50N14. The molecule has 8 rings (SSSR count). The first-order valence-corrected chi connectivity index (χ1v) is 17.3. The van der Waals surface area contributed by atoms with E-state index in [-0.39, 0.29) is 0 Å². The minimum Gasteiger partial charge on any atom is -0.265 e. The molecule has 0 saturated carbocycles. The lowest BCUT2D eigenvalue weighted by Crippen LogP contribution is -1.84. The molecule has 14 heteroatoms. The van der Waals surface area contributed by atoms with Gasteiger partial charge < -0.3 is 0 Å². The van der Waals surface area contributed by atoms with Crippen LogP contribution in [0.3, 0.4) is 0 Å². The summed E-state index contributed by atoms with van der Waals surface area (Å²) in [5.74, 6) is 1.58. The summed E-state index contributed by atoms with van der Waals surface area (Å²) in [6.45, 7) is 15.5. The van der Waals surface area contributed by atoms with Crippen LogP contribution in [0.25, 0.3) is 0 Å². The summed E-state index contributed by atoms with van der Waals surface area (Å²) in [6.07, 6.45) is 28.7. The number of hydrogen-bond donors (Lipinski definition) is 0. The molecule has 0 aliphatic carbocycles. The smallest absolute Gasteiger partial charge is 0.128 e. The van der Waals surface area contributed by atoms with Crippen LogP contribution >= 0.6 is 0 Å². The summed E-state index contributed by atoms with van der Waals surface area (Å²) in [4.78, 5) is 53.5. The third-order valence-corrected chi connectivity index (χ3v) is 5.90. The maximum Gasteiger partial charge on any atom is 0.128 e. The molecule has 0 N–H and O–H groups in total. The van der Waals surface area contributed by atoms with Gasteiger partial charge in [0.25, 0.3) is 0 Å². The van der Waals surface area contributed by atoms with Crippen molar-refractivity contribution in [3.8, 4) is 0 Å². The van der Waals surface area contributed by atoms with Gasteiger partial charge in [-0.25, -0.2) is 44.9 Å². The van der Waals surface area contributed by atoms with E-state index in [1.165, 1.54) is 36.4 Å². The second-order valence-electron chi connectivity index (χ2n) is 11.1. The van der Waals surface area contributed by atoms with Gasteiger partial charge in [-0.2, -0.15) is 0 Å². The van der Waals surface area contributed by atoms with Crippen LogP contribution in [-0.4, -0.2) is 69.8 Å². The molecule has 0 unspecified atom stereocenters. The van der Waals surface area contributed by atoms with Crippen LogP contribution in [0.5, 0.6) is 0 Å². The fourth-order valence-corrected chi connectivity index (χ4v) is 3.10. The van der Waals surface area contributed by atoms with E-state index in [1.54, 1.807) is 80.4 Å². The van der Waals surface area contributed by atoms with Gasteiger partial charge in [-0.1, -0.05) is 12.1 Å². The van der Waals surface area contributed by atoms with Crippen LogP contribution in [0.15, 0.2) is 160 Å². The van der Waals surface area contributed by atoms with Gasteiger partial charge in [-0.15, -0.1) is 0 Å². The first kappa shape index (κ1) is 46.8. The molecule has 0 fully saturated rings. The fraction of sp³-hybridized carbons (Fsp3) is 0.190. The van der Waals surface area contributed by atoms with Crippen molar-refractivity contribution in [2.45, 2.75) is 55.4 Å². The lowest BCUT2D eigenvalue weighted by molar-refractivity contribution is 0.974.